The van der Waals surface area contributed by atoms with Crippen LogP contribution < -0.4 is 21.2 Å². The number of morpholine rings is 1. The maximum absolute atomic E-state index is 15.0. The number of thiophene rings is 1. The van der Waals surface area contributed by atoms with E-state index in [1.165, 1.54) is 26.2 Å². The number of hydrogen-bond acceptors (Lipinski definition) is 13. The van der Waals surface area contributed by atoms with Gasteiger partial charge in [0.05, 0.1) is 47.4 Å². The summed E-state index contributed by atoms with van der Waals surface area (Å²) in [6.07, 6.45) is 2.02. The molecule has 5 aliphatic heterocycles. The number of amides is 6. The van der Waals surface area contributed by atoms with Crippen LogP contribution in [-0.4, -0.2) is 158 Å². The summed E-state index contributed by atoms with van der Waals surface area (Å²) in [5.74, 6) is -2.75. The van der Waals surface area contributed by atoms with Gasteiger partial charge in [-0.15, -0.1) is 11.3 Å². The fourth-order valence-electron chi connectivity index (χ4n) is 11.7. The molecule has 5 fully saturated rings. The molecule has 0 radical (unpaired) electrons. The summed E-state index contributed by atoms with van der Waals surface area (Å²) in [6.45, 7) is 7.96. The highest BCUT2D eigenvalue weighted by atomic mass is 32.1. The number of fused-ring (bicyclic) bond motifs is 2. The van der Waals surface area contributed by atoms with Crippen LogP contribution in [0.25, 0.3) is 21.1 Å². The third-order valence-corrected chi connectivity index (χ3v) is 18.4. The first-order valence-electron chi connectivity index (χ1n) is 27.4. The van der Waals surface area contributed by atoms with Crippen molar-refractivity contribution in [1.29, 1.82) is 0 Å². The summed E-state index contributed by atoms with van der Waals surface area (Å²) < 4.78 is 63.3. The van der Waals surface area contributed by atoms with Crippen molar-refractivity contribution in [2.24, 2.45) is 12.5 Å². The fraction of sp³-hybridized carbons (Fsp3) is 0.518. The molecule has 5 atom stereocenters. The number of alkyl halides is 2. The van der Waals surface area contributed by atoms with E-state index in [0.29, 0.717) is 41.7 Å². The van der Waals surface area contributed by atoms with Crippen LogP contribution in [0.5, 0.6) is 0 Å². The Balaban J connectivity index is 0.765. The van der Waals surface area contributed by atoms with Crippen molar-refractivity contribution in [3.05, 3.63) is 99.3 Å². The van der Waals surface area contributed by atoms with Crippen molar-refractivity contribution in [3.8, 4) is 0 Å². The molecule has 4 N–H and O–H groups in total. The number of rotatable bonds is 14. The van der Waals surface area contributed by atoms with Crippen molar-refractivity contribution < 1.29 is 66.1 Å². The molecule has 7 heterocycles. The Morgan fingerprint density at radius 1 is 0.852 bits per heavy atom. The van der Waals surface area contributed by atoms with E-state index in [4.69, 9.17) is 14.2 Å². The van der Waals surface area contributed by atoms with Gasteiger partial charge in [0.15, 0.2) is 0 Å². The first kappa shape index (κ1) is 57.8. The van der Waals surface area contributed by atoms with E-state index >= 15 is 0 Å². The Kier molecular flexibility index (Phi) is 16.5. The van der Waals surface area contributed by atoms with Gasteiger partial charge in [0, 0.05) is 68.7 Å². The number of likely N-dealkylation sites (tertiary alicyclic amines) is 2. The van der Waals surface area contributed by atoms with Gasteiger partial charge >= 0.3 is 18.9 Å². The van der Waals surface area contributed by atoms with Gasteiger partial charge in [0.25, 0.3) is 5.91 Å². The molecule has 5 aliphatic rings. The maximum Gasteiger partial charge on any atom is 0.399 e. The summed E-state index contributed by atoms with van der Waals surface area (Å²) >= 11 is 0.950. The van der Waals surface area contributed by atoms with Crippen LogP contribution in [0.4, 0.5) is 14.5 Å². The fourth-order valence-corrected chi connectivity index (χ4v) is 13.1. The monoisotopic (exact) mass is 1160 g/mol. The number of nitrogens with one attached hydrogen (secondary N) is 2. The minimum absolute atomic E-state index is 0.00854. The lowest BCUT2D eigenvalue weighted by molar-refractivity contribution is -0.156. The Hall–Kier alpha value is -6.40. The van der Waals surface area contributed by atoms with Crippen molar-refractivity contribution in [3.63, 3.8) is 0 Å². The van der Waals surface area contributed by atoms with Crippen LogP contribution in [0.1, 0.15) is 98.7 Å². The average molecular weight is 1160 g/mol. The predicted molar refractivity (Wildman–Crippen MR) is 295 cm³/mol. The standard InChI is InChI=1S/C56H67F2N8O13PS/c1-55(2,3)49(60-51(70)45-29-34-28-35(10-14-44(34)81-45)56(57,58)80(74,75)76)53(72)65-25-20-42(48(65)52(71)64-26-27-77-43(31-64)33-8-6-5-7-9-33)78-32-47(68)63-23-18-38(19-24-63)79-37-16-21-62(22-17-37)36-11-12-39-41(30-36)61(4)54(73)66(39)40-13-15-46(67)59-50(40)69/h5-12,14,28-30,37-38,40,42-43,48-49H,13,15-27,31-32H2,1-4H3,(H,60,70)(H,59,67,69)(H2,74,75,76)/t40?,42-,43+,48+,49-/m1/s1. The van der Waals surface area contributed by atoms with Crippen LogP contribution >= 0.6 is 18.9 Å². The first-order valence-corrected chi connectivity index (χ1v) is 29.8. The third kappa shape index (κ3) is 12.0. The molecule has 25 heteroatoms. The Morgan fingerprint density at radius 2 is 1.56 bits per heavy atom. The third-order valence-electron chi connectivity index (χ3n) is 16.3. The Labute approximate surface area is 469 Å². The number of hydrogen-bond donors (Lipinski definition) is 4. The largest absolute Gasteiger partial charge is 0.399 e. The molecular weight excluding hydrogens is 1090 g/mol. The number of benzene rings is 3. The number of nitrogens with zero attached hydrogens (tertiary/aromatic N) is 6. The molecule has 1 unspecified atom stereocenters. The van der Waals surface area contributed by atoms with Gasteiger partial charge in [0.1, 0.15) is 30.8 Å². The quantitative estimate of drug-likeness (QED) is 0.0828. The Morgan fingerprint density at radius 3 is 2.23 bits per heavy atom. The highest BCUT2D eigenvalue weighted by molar-refractivity contribution is 7.52. The lowest BCUT2D eigenvalue weighted by Gasteiger charge is -2.40. The number of ether oxygens (including phenoxy) is 3. The highest BCUT2D eigenvalue weighted by Gasteiger charge is 2.51. The average Bonchev–Trinajstić information content (AvgIpc) is 3.95. The van der Waals surface area contributed by atoms with Gasteiger partial charge in [-0.1, -0.05) is 57.2 Å². The van der Waals surface area contributed by atoms with Gasteiger partial charge in [-0.2, -0.15) is 8.78 Å². The molecule has 0 spiro atoms. The number of aryl methyl sites for hydroxylation is 1. The zero-order valence-corrected chi connectivity index (χ0v) is 47.2. The molecule has 434 valence electrons. The van der Waals surface area contributed by atoms with Crippen molar-refractivity contribution in [2.75, 3.05) is 63.9 Å². The zero-order chi connectivity index (χ0) is 57.7. The minimum atomic E-state index is -5.86. The van der Waals surface area contributed by atoms with Gasteiger partial charge in [-0.3, -0.25) is 47.8 Å². The van der Waals surface area contributed by atoms with E-state index in [0.717, 1.165) is 60.7 Å². The number of halogens is 2. The molecule has 10 rings (SSSR count). The topological polar surface area (TPSA) is 252 Å². The second-order valence-electron chi connectivity index (χ2n) is 22.6. The second-order valence-corrected chi connectivity index (χ2v) is 25.4. The number of carbonyl (C=O) groups excluding carboxylic acids is 6. The van der Waals surface area contributed by atoms with E-state index < -0.39 is 78.2 Å². The number of carbonyl (C=O) groups is 6. The Bertz CT molecular complexity index is 3340. The van der Waals surface area contributed by atoms with Crippen LogP contribution in [-0.2, 0) is 55.5 Å². The summed E-state index contributed by atoms with van der Waals surface area (Å²) in [4.78, 5) is 121. The first-order chi connectivity index (χ1) is 38.5. The molecule has 0 bridgehead atoms. The molecule has 2 aromatic heterocycles. The molecular formula is C56H67F2N8O13PS. The van der Waals surface area contributed by atoms with E-state index in [1.807, 2.05) is 48.5 Å². The highest BCUT2D eigenvalue weighted by Crippen LogP contribution is 2.59. The zero-order valence-electron chi connectivity index (χ0n) is 45.5. The van der Waals surface area contributed by atoms with Gasteiger partial charge in [-0.25, -0.2) is 4.79 Å². The molecule has 0 aliphatic carbocycles. The van der Waals surface area contributed by atoms with Crippen LogP contribution in [0.15, 0.2) is 77.6 Å². The molecule has 5 aromatic rings. The summed E-state index contributed by atoms with van der Waals surface area (Å²) in [7, 11) is -4.18. The second kappa shape index (κ2) is 23.1. The summed E-state index contributed by atoms with van der Waals surface area (Å²) in [6, 6.07) is 16.5. The van der Waals surface area contributed by atoms with Gasteiger partial charge < -0.3 is 48.9 Å². The molecule has 6 amide bonds. The SMILES string of the molecule is Cn1c(=O)n(C2CCC(=O)NC2=O)c2ccc(N3CCC(OC4CCN(C(=O)CO[C@@H]5CCN(C(=O)[C@@H](NC(=O)c6cc7cc(C(F)(F)P(=O)(O)O)ccc7s6)C(C)(C)C)[C@@H]5C(=O)N5CCO[C@H](c6ccccc6)C5)CC4)CC3)cc21. The van der Waals surface area contributed by atoms with E-state index in [1.54, 1.807) is 37.6 Å². The normalized spacial score (nSPS) is 22.4. The summed E-state index contributed by atoms with van der Waals surface area (Å²) in [5, 5.41) is 5.33. The number of piperidine rings is 3. The van der Waals surface area contributed by atoms with E-state index in [2.05, 4.69) is 15.5 Å². The minimum Gasteiger partial charge on any atom is -0.375 e. The van der Waals surface area contributed by atoms with Crippen LogP contribution in [0, 0.1) is 5.41 Å². The van der Waals surface area contributed by atoms with E-state index in [9.17, 15) is 56.7 Å². The lowest BCUT2D eigenvalue weighted by atomic mass is 9.85. The molecule has 3 aromatic carbocycles. The number of imide groups is 1. The number of imidazole rings is 1. The molecule has 0 saturated carbocycles. The van der Waals surface area contributed by atoms with Crippen LogP contribution in [0.3, 0.4) is 0 Å². The van der Waals surface area contributed by atoms with Gasteiger partial charge in [0.2, 0.25) is 29.5 Å². The van der Waals surface area contributed by atoms with E-state index in [-0.39, 0.29) is 92.1 Å². The van der Waals surface area contributed by atoms with Crippen LogP contribution in [0.2, 0.25) is 0 Å². The summed E-state index contributed by atoms with van der Waals surface area (Å²) in [5.41, 5.74) is -3.48. The number of aromatic nitrogens is 2. The van der Waals surface area contributed by atoms with Crippen molar-refractivity contribution >= 4 is 81.2 Å². The van der Waals surface area contributed by atoms with Gasteiger partial charge in [-0.05, 0) is 91.3 Å². The molecule has 5 saturated heterocycles. The predicted octanol–water partition coefficient (Wildman–Crippen LogP) is 5.17. The number of anilines is 1. The maximum atomic E-state index is 15.0. The van der Waals surface area contributed by atoms with Crippen molar-refractivity contribution in [2.45, 2.75) is 114 Å². The lowest BCUT2D eigenvalue weighted by Crippen LogP contribution is -2.60. The molecule has 21 nitrogen and oxygen atoms in total. The van der Waals surface area contributed by atoms with Crippen molar-refractivity contribution in [1.82, 2.24) is 34.5 Å². The smallest absolute Gasteiger partial charge is 0.375 e. The molecule has 81 heavy (non-hydrogen) atoms.